The maximum absolute atomic E-state index is 12.8. The van der Waals surface area contributed by atoms with Crippen LogP contribution in [-0.4, -0.2) is 36.7 Å². The predicted octanol–water partition coefficient (Wildman–Crippen LogP) is 4.31. The molecule has 35 heavy (non-hydrogen) atoms. The molecule has 0 atom stereocenters. The summed E-state index contributed by atoms with van der Waals surface area (Å²) < 4.78 is 16.7. The molecule has 1 aromatic heterocycles. The summed E-state index contributed by atoms with van der Waals surface area (Å²) in [6.07, 6.45) is 5.35. The number of hydrogen-bond donors (Lipinski definition) is 2. The van der Waals surface area contributed by atoms with Gasteiger partial charge in [0.25, 0.3) is 5.91 Å². The van der Waals surface area contributed by atoms with Crippen molar-refractivity contribution in [3.63, 3.8) is 0 Å². The fourth-order valence-corrected chi connectivity index (χ4v) is 4.95. The number of carbonyl (C=O) groups excluding carboxylic acids is 2. The fourth-order valence-electron chi connectivity index (χ4n) is 4.95. The molecule has 2 heterocycles. The zero-order valence-corrected chi connectivity index (χ0v) is 19.7. The van der Waals surface area contributed by atoms with Gasteiger partial charge in [-0.25, -0.2) is 4.79 Å². The Labute approximate surface area is 204 Å². The van der Waals surface area contributed by atoms with Crippen molar-refractivity contribution < 1.29 is 23.8 Å². The lowest BCUT2D eigenvalue weighted by molar-refractivity contribution is -0.126. The van der Waals surface area contributed by atoms with Crippen molar-refractivity contribution in [2.45, 2.75) is 44.1 Å². The topological polar surface area (TPSA) is 89.7 Å². The molecular formula is C28H30N2O5. The van der Waals surface area contributed by atoms with Gasteiger partial charge in [-0.3, -0.25) is 4.79 Å². The van der Waals surface area contributed by atoms with Gasteiger partial charge in [-0.1, -0.05) is 49.2 Å². The molecule has 2 aliphatic rings. The molecular weight excluding hydrogens is 444 g/mol. The summed E-state index contributed by atoms with van der Waals surface area (Å²) in [7, 11) is 0. The molecule has 7 heteroatoms. The van der Waals surface area contributed by atoms with Gasteiger partial charge in [0, 0.05) is 5.69 Å². The number of hydrogen-bond acceptors (Lipinski definition) is 5. The van der Waals surface area contributed by atoms with E-state index in [0.29, 0.717) is 24.7 Å². The summed E-state index contributed by atoms with van der Waals surface area (Å²) in [5.41, 5.74) is 3.04. The highest BCUT2D eigenvalue weighted by Gasteiger charge is 2.38. The quantitative estimate of drug-likeness (QED) is 0.475. The Morgan fingerprint density at radius 3 is 2.49 bits per heavy atom. The molecule has 1 fully saturated rings. The predicted molar refractivity (Wildman–Crippen MR) is 131 cm³/mol. The number of nitrogens with one attached hydrogen (secondary N) is 2. The zero-order valence-electron chi connectivity index (χ0n) is 19.7. The highest BCUT2D eigenvalue weighted by atomic mass is 16.6. The van der Waals surface area contributed by atoms with Gasteiger partial charge < -0.3 is 24.5 Å². The monoisotopic (exact) mass is 474 g/mol. The average molecular weight is 475 g/mol. The van der Waals surface area contributed by atoms with Crippen molar-refractivity contribution in [1.82, 2.24) is 10.3 Å². The van der Waals surface area contributed by atoms with Crippen LogP contribution in [0.4, 0.5) is 0 Å². The normalized spacial score (nSPS) is 16.0. The van der Waals surface area contributed by atoms with E-state index in [1.54, 1.807) is 6.07 Å². The lowest BCUT2D eigenvalue weighted by Crippen LogP contribution is -2.45. The van der Waals surface area contributed by atoms with Crippen LogP contribution in [-0.2, 0) is 27.9 Å². The lowest BCUT2D eigenvalue weighted by atomic mass is 9.87. The molecule has 0 unspecified atom stereocenters. The average Bonchev–Trinajstić information content (AvgIpc) is 3.57. The number of ether oxygens (including phenoxy) is 3. The summed E-state index contributed by atoms with van der Waals surface area (Å²) in [6.45, 7) is 0.719. The number of aromatic amines is 1. The number of H-pyrrole nitrogens is 1. The third kappa shape index (κ3) is 5.34. The van der Waals surface area contributed by atoms with Gasteiger partial charge >= 0.3 is 5.97 Å². The fraction of sp³-hybridized carbons (Fsp3) is 0.357. The van der Waals surface area contributed by atoms with E-state index in [4.69, 9.17) is 14.2 Å². The molecule has 2 aromatic carbocycles. The first-order valence-electron chi connectivity index (χ1n) is 12.2. The first-order chi connectivity index (χ1) is 17.1. The van der Waals surface area contributed by atoms with Gasteiger partial charge in [-0.05, 0) is 61.1 Å². The molecule has 0 radical (unpaired) electrons. The Balaban J connectivity index is 1.17. The van der Waals surface area contributed by atoms with E-state index in [-0.39, 0.29) is 12.5 Å². The molecule has 0 bridgehead atoms. The molecule has 1 saturated carbocycles. The van der Waals surface area contributed by atoms with Crippen molar-refractivity contribution in [3.8, 4) is 11.5 Å². The van der Waals surface area contributed by atoms with Gasteiger partial charge in [0.2, 0.25) is 0 Å². The number of carbonyl (C=O) groups is 2. The van der Waals surface area contributed by atoms with Crippen LogP contribution in [0.5, 0.6) is 11.5 Å². The van der Waals surface area contributed by atoms with Crippen LogP contribution in [0.3, 0.4) is 0 Å². The number of amides is 1. The maximum atomic E-state index is 12.8. The van der Waals surface area contributed by atoms with E-state index in [9.17, 15) is 9.59 Å². The van der Waals surface area contributed by atoms with E-state index < -0.39 is 11.5 Å². The summed E-state index contributed by atoms with van der Waals surface area (Å²) in [5.74, 6) is 0.579. The van der Waals surface area contributed by atoms with E-state index in [1.165, 1.54) is 5.56 Å². The third-order valence-electron chi connectivity index (χ3n) is 6.76. The molecule has 7 nitrogen and oxygen atoms in total. The van der Waals surface area contributed by atoms with Crippen molar-refractivity contribution in [1.29, 1.82) is 0 Å². The first-order valence-corrected chi connectivity index (χ1v) is 12.2. The lowest BCUT2D eigenvalue weighted by Gasteiger charge is -2.32. The van der Waals surface area contributed by atoms with E-state index in [2.05, 4.69) is 22.4 Å². The van der Waals surface area contributed by atoms with Gasteiger partial charge in [-0.2, -0.15) is 0 Å². The van der Waals surface area contributed by atoms with Crippen LogP contribution in [0.15, 0.2) is 60.7 Å². The van der Waals surface area contributed by atoms with Gasteiger partial charge in [0.1, 0.15) is 18.9 Å². The van der Waals surface area contributed by atoms with Crippen LogP contribution >= 0.6 is 0 Å². The first kappa shape index (κ1) is 23.0. The van der Waals surface area contributed by atoms with Crippen molar-refractivity contribution in [3.05, 3.63) is 83.2 Å². The molecule has 2 N–H and O–H groups in total. The summed E-state index contributed by atoms with van der Waals surface area (Å²) in [4.78, 5) is 28.4. The smallest absolute Gasteiger partial charge is 0.355 e. The van der Waals surface area contributed by atoms with Crippen molar-refractivity contribution in [2.24, 2.45) is 0 Å². The van der Waals surface area contributed by atoms with E-state index in [1.807, 2.05) is 42.5 Å². The molecule has 0 spiro atoms. The van der Waals surface area contributed by atoms with Crippen molar-refractivity contribution in [2.75, 3.05) is 19.8 Å². The highest BCUT2D eigenvalue weighted by molar-refractivity contribution is 5.90. The molecule has 3 aromatic rings. The molecule has 5 rings (SSSR count). The Hall–Kier alpha value is -3.74. The third-order valence-corrected chi connectivity index (χ3v) is 6.76. The standard InChI is InChI=1S/C28H30N2O5/c31-26(19-35-27(32)23-12-11-22(29-23)10-8-20-6-2-1-3-7-20)30-28(14-4-5-15-28)21-9-13-24-25(18-21)34-17-16-33-24/h1-3,6-7,9,11-13,18,29H,4-5,8,10,14-17,19H2,(H,30,31). The minimum Gasteiger partial charge on any atom is -0.486 e. The molecule has 182 valence electrons. The van der Waals surface area contributed by atoms with E-state index >= 15 is 0 Å². The van der Waals surface area contributed by atoms with Crippen LogP contribution < -0.4 is 14.8 Å². The highest BCUT2D eigenvalue weighted by Crippen LogP contribution is 2.42. The number of rotatable bonds is 8. The number of aromatic nitrogens is 1. The van der Waals surface area contributed by atoms with Crippen molar-refractivity contribution >= 4 is 11.9 Å². The molecule has 1 aliphatic carbocycles. The Morgan fingerprint density at radius 2 is 1.69 bits per heavy atom. The number of fused-ring (bicyclic) bond motifs is 1. The molecule has 1 amide bonds. The number of aryl methyl sites for hydroxylation is 2. The maximum Gasteiger partial charge on any atom is 0.355 e. The second kappa shape index (κ2) is 10.3. The molecule has 0 saturated heterocycles. The Bertz CT molecular complexity index is 1180. The Morgan fingerprint density at radius 1 is 0.914 bits per heavy atom. The zero-order chi connectivity index (χ0) is 24.1. The number of benzene rings is 2. The second-order valence-electron chi connectivity index (χ2n) is 9.15. The second-order valence-corrected chi connectivity index (χ2v) is 9.15. The van der Waals surface area contributed by atoms with Gasteiger partial charge in [0.05, 0.1) is 5.54 Å². The summed E-state index contributed by atoms with van der Waals surface area (Å²) in [5, 5.41) is 3.14. The largest absolute Gasteiger partial charge is 0.486 e. The van der Waals surface area contributed by atoms with Crippen LogP contribution in [0.2, 0.25) is 0 Å². The Kier molecular flexibility index (Phi) is 6.75. The van der Waals surface area contributed by atoms with Crippen LogP contribution in [0.25, 0.3) is 0 Å². The number of esters is 1. The van der Waals surface area contributed by atoms with E-state index in [0.717, 1.165) is 55.5 Å². The minimum atomic E-state index is -0.536. The van der Waals surface area contributed by atoms with Gasteiger partial charge in [0.15, 0.2) is 18.1 Å². The van der Waals surface area contributed by atoms with Gasteiger partial charge in [-0.15, -0.1) is 0 Å². The van der Waals surface area contributed by atoms with Crippen LogP contribution in [0.1, 0.15) is 53.0 Å². The molecule has 1 aliphatic heterocycles. The minimum absolute atomic E-state index is 0.314. The summed E-state index contributed by atoms with van der Waals surface area (Å²) >= 11 is 0. The van der Waals surface area contributed by atoms with Crippen LogP contribution in [0, 0.1) is 0 Å². The SMILES string of the molecule is O=C(COC(=O)c1ccc(CCc2ccccc2)[nH]1)NC1(c2ccc3c(c2)OCCO3)CCCC1. The summed E-state index contributed by atoms with van der Waals surface area (Å²) in [6, 6.07) is 19.6.